The monoisotopic (exact) mass is 329 g/mol. The van der Waals surface area contributed by atoms with Gasteiger partial charge in [-0.05, 0) is 35.9 Å². The maximum Gasteiger partial charge on any atom is 0.185 e. The largest absolute Gasteiger partial charge is 0.378 e. The fourth-order valence-corrected chi connectivity index (χ4v) is 2.19. The Balaban J connectivity index is 2.11. The second-order valence-electron chi connectivity index (χ2n) is 4.69. The summed E-state index contributed by atoms with van der Waals surface area (Å²) in [6, 6.07) is 15.5. The number of allylic oxidation sites excluding steroid dienone is 1. The van der Waals surface area contributed by atoms with E-state index in [-0.39, 0.29) is 5.78 Å². The van der Waals surface area contributed by atoms with Gasteiger partial charge in [-0.1, -0.05) is 46.3 Å². The van der Waals surface area contributed by atoms with Crippen LogP contribution in [0, 0.1) is 0 Å². The van der Waals surface area contributed by atoms with Gasteiger partial charge in [0.05, 0.1) is 0 Å². The third-order valence-corrected chi connectivity index (χ3v) is 3.44. The van der Waals surface area contributed by atoms with Crippen LogP contribution in [0.4, 0.5) is 5.69 Å². The van der Waals surface area contributed by atoms with Crippen molar-refractivity contribution in [1.29, 1.82) is 0 Å². The van der Waals surface area contributed by atoms with Crippen LogP contribution in [0.15, 0.2) is 59.1 Å². The molecule has 0 atom stereocenters. The van der Waals surface area contributed by atoms with Crippen LogP contribution < -0.4 is 4.90 Å². The van der Waals surface area contributed by atoms with Gasteiger partial charge in [-0.15, -0.1) is 0 Å². The number of rotatable bonds is 4. The molecule has 0 aromatic heterocycles. The Morgan fingerprint density at radius 2 is 1.80 bits per heavy atom. The van der Waals surface area contributed by atoms with Crippen LogP contribution in [0.5, 0.6) is 0 Å². The smallest absolute Gasteiger partial charge is 0.185 e. The fraction of sp³-hybridized carbons (Fsp3) is 0.118. The summed E-state index contributed by atoms with van der Waals surface area (Å²) < 4.78 is 0.909. The SMILES string of the molecule is CN(C)c1ccc(C=CC(=O)c2cccc(Br)c2)cc1. The van der Waals surface area contributed by atoms with Crippen molar-refractivity contribution >= 4 is 33.5 Å². The lowest BCUT2D eigenvalue weighted by Gasteiger charge is -2.11. The molecule has 0 unspecified atom stereocenters. The maximum atomic E-state index is 12.0. The molecule has 2 nitrogen and oxygen atoms in total. The molecule has 0 aliphatic rings. The van der Waals surface area contributed by atoms with Crippen molar-refractivity contribution in [3.05, 3.63) is 70.2 Å². The van der Waals surface area contributed by atoms with Crippen molar-refractivity contribution in [3.63, 3.8) is 0 Å². The summed E-state index contributed by atoms with van der Waals surface area (Å²) in [6.45, 7) is 0. The molecule has 2 rings (SSSR count). The van der Waals surface area contributed by atoms with Gasteiger partial charge < -0.3 is 4.90 Å². The minimum absolute atomic E-state index is 0.00276. The van der Waals surface area contributed by atoms with Gasteiger partial charge >= 0.3 is 0 Å². The summed E-state index contributed by atoms with van der Waals surface area (Å²) in [4.78, 5) is 14.1. The number of carbonyl (C=O) groups is 1. The topological polar surface area (TPSA) is 20.3 Å². The van der Waals surface area contributed by atoms with Crippen LogP contribution >= 0.6 is 15.9 Å². The average Bonchev–Trinajstić information content (AvgIpc) is 2.45. The Morgan fingerprint density at radius 3 is 2.40 bits per heavy atom. The predicted molar refractivity (Wildman–Crippen MR) is 88.3 cm³/mol. The van der Waals surface area contributed by atoms with Gasteiger partial charge in [0.2, 0.25) is 0 Å². The second-order valence-corrected chi connectivity index (χ2v) is 5.61. The lowest BCUT2D eigenvalue weighted by Crippen LogP contribution is -2.07. The first-order valence-corrected chi connectivity index (χ1v) is 7.11. The van der Waals surface area contributed by atoms with E-state index in [1.54, 1.807) is 6.08 Å². The molecule has 0 bridgehead atoms. The van der Waals surface area contributed by atoms with E-state index in [1.165, 1.54) is 0 Å². The molecule has 0 fully saturated rings. The minimum Gasteiger partial charge on any atom is -0.378 e. The molecule has 0 aliphatic carbocycles. The van der Waals surface area contributed by atoms with Crippen LogP contribution in [0.2, 0.25) is 0 Å². The zero-order valence-electron chi connectivity index (χ0n) is 11.5. The summed E-state index contributed by atoms with van der Waals surface area (Å²) in [5, 5.41) is 0. The zero-order valence-corrected chi connectivity index (χ0v) is 13.1. The number of hydrogen-bond acceptors (Lipinski definition) is 2. The highest BCUT2D eigenvalue weighted by atomic mass is 79.9. The molecule has 2 aromatic carbocycles. The number of nitrogens with zero attached hydrogens (tertiary/aromatic N) is 1. The lowest BCUT2D eigenvalue weighted by atomic mass is 10.1. The summed E-state index contributed by atoms with van der Waals surface area (Å²) in [6.07, 6.45) is 3.44. The summed E-state index contributed by atoms with van der Waals surface area (Å²) in [5.74, 6) is 0.00276. The molecule has 2 aromatic rings. The van der Waals surface area contributed by atoms with Crippen molar-refractivity contribution in [2.24, 2.45) is 0 Å². The van der Waals surface area contributed by atoms with Gasteiger partial charge in [0.25, 0.3) is 0 Å². The Hall–Kier alpha value is -1.87. The Bertz CT molecular complexity index is 630. The molecular weight excluding hydrogens is 314 g/mol. The molecule has 102 valence electrons. The van der Waals surface area contributed by atoms with E-state index >= 15 is 0 Å². The van der Waals surface area contributed by atoms with E-state index in [1.807, 2.05) is 73.6 Å². The zero-order chi connectivity index (χ0) is 14.5. The molecular formula is C17H16BrNO. The first-order valence-electron chi connectivity index (χ1n) is 6.31. The molecule has 0 aliphatic heterocycles. The number of carbonyl (C=O) groups excluding carboxylic acids is 1. The quantitative estimate of drug-likeness (QED) is 0.611. The second kappa shape index (κ2) is 6.53. The average molecular weight is 330 g/mol. The standard InChI is InChI=1S/C17H16BrNO/c1-19(2)16-9-6-13(7-10-16)8-11-17(20)14-4-3-5-15(18)12-14/h3-12H,1-2H3. The Labute approximate surface area is 127 Å². The van der Waals surface area contributed by atoms with E-state index in [4.69, 9.17) is 0 Å². The van der Waals surface area contributed by atoms with Crippen molar-refractivity contribution in [2.75, 3.05) is 19.0 Å². The van der Waals surface area contributed by atoms with Crippen molar-refractivity contribution in [2.45, 2.75) is 0 Å². The highest BCUT2D eigenvalue weighted by molar-refractivity contribution is 9.10. The number of benzene rings is 2. The third kappa shape index (κ3) is 3.81. The molecule has 0 heterocycles. The van der Waals surface area contributed by atoms with Gasteiger partial charge in [0.1, 0.15) is 0 Å². The number of hydrogen-bond donors (Lipinski definition) is 0. The molecule has 0 amide bonds. The molecule has 0 saturated carbocycles. The number of halogens is 1. The summed E-state index contributed by atoms with van der Waals surface area (Å²) in [7, 11) is 4.00. The van der Waals surface area contributed by atoms with E-state index in [0.29, 0.717) is 5.56 Å². The third-order valence-electron chi connectivity index (χ3n) is 2.95. The predicted octanol–water partition coefficient (Wildman–Crippen LogP) is 4.41. The normalized spacial score (nSPS) is 10.8. The molecule has 0 spiro atoms. The number of ketones is 1. The Kier molecular flexibility index (Phi) is 4.74. The highest BCUT2D eigenvalue weighted by Crippen LogP contribution is 2.15. The van der Waals surface area contributed by atoms with Crippen LogP contribution in [-0.2, 0) is 0 Å². The van der Waals surface area contributed by atoms with E-state index < -0.39 is 0 Å². The first-order chi connectivity index (χ1) is 9.56. The first kappa shape index (κ1) is 14.5. The fourth-order valence-electron chi connectivity index (χ4n) is 1.79. The highest BCUT2D eigenvalue weighted by Gasteiger charge is 2.01. The van der Waals surface area contributed by atoms with Crippen molar-refractivity contribution in [1.82, 2.24) is 0 Å². The van der Waals surface area contributed by atoms with Crippen LogP contribution in [0.25, 0.3) is 6.08 Å². The summed E-state index contributed by atoms with van der Waals surface area (Å²) in [5.41, 5.74) is 2.83. The van der Waals surface area contributed by atoms with Crippen molar-refractivity contribution in [3.8, 4) is 0 Å². The number of anilines is 1. The Morgan fingerprint density at radius 1 is 1.10 bits per heavy atom. The molecule has 20 heavy (non-hydrogen) atoms. The molecule has 0 radical (unpaired) electrons. The van der Waals surface area contributed by atoms with Gasteiger partial charge in [-0.25, -0.2) is 0 Å². The van der Waals surface area contributed by atoms with E-state index in [0.717, 1.165) is 15.7 Å². The van der Waals surface area contributed by atoms with E-state index in [2.05, 4.69) is 15.9 Å². The van der Waals surface area contributed by atoms with Gasteiger partial charge in [0.15, 0.2) is 5.78 Å². The van der Waals surface area contributed by atoms with Gasteiger partial charge in [-0.2, -0.15) is 0 Å². The van der Waals surface area contributed by atoms with E-state index in [9.17, 15) is 4.79 Å². The van der Waals surface area contributed by atoms with Crippen LogP contribution in [0.3, 0.4) is 0 Å². The van der Waals surface area contributed by atoms with Crippen LogP contribution in [0.1, 0.15) is 15.9 Å². The summed E-state index contributed by atoms with van der Waals surface area (Å²) >= 11 is 3.37. The van der Waals surface area contributed by atoms with Crippen molar-refractivity contribution < 1.29 is 4.79 Å². The van der Waals surface area contributed by atoms with Gasteiger partial charge in [-0.3, -0.25) is 4.79 Å². The molecule has 0 saturated heterocycles. The minimum atomic E-state index is 0.00276. The molecule has 0 N–H and O–H groups in total. The van der Waals surface area contributed by atoms with Crippen LogP contribution in [-0.4, -0.2) is 19.9 Å². The molecule has 3 heteroatoms. The van der Waals surface area contributed by atoms with Gasteiger partial charge in [0, 0.05) is 29.8 Å². The maximum absolute atomic E-state index is 12.0. The lowest BCUT2D eigenvalue weighted by molar-refractivity contribution is 0.104.